The molecule has 1 atom stereocenters. The molecule has 0 unspecified atom stereocenters. The fourth-order valence-corrected chi connectivity index (χ4v) is 1.25. The Morgan fingerprint density at radius 3 is 2.43 bits per heavy atom. The Morgan fingerprint density at radius 1 is 1.50 bits per heavy atom. The van der Waals surface area contributed by atoms with Crippen LogP contribution in [0.5, 0.6) is 0 Å². The Labute approximate surface area is 88.2 Å². The Kier molecular flexibility index (Phi) is 9.91. The maximum absolute atomic E-state index is 10.9. The molecule has 0 saturated heterocycles. The number of amides is 1. The molecule has 6 heteroatoms. The third kappa shape index (κ3) is 6.73. The number of nitrogens with one attached hydrogen (secondary N) is 1. The summed E-state index contributed by atoms with van der Waals surface area (Å²) in [6.45, 7) is 1.68. The summed E-state index contributed by atoms with van der Waals surface area (Å²) in [7, 11) is 0. The largest absolute Gasteiger partial charge is 0.548 e. The highest BCUT2D eigenvalue weighted by atomic mass is 32.2. The van der Waals surface area contributed by atoms with Crippen molar-refractivity contribution in [2.45, 2.75) is 25.8 Å². The van der Waals surface area contributed by atoms with Crippen molar-refractivity contribution < 1.29 is 14.7 Å². The maximum Gasteiger partial charge on any atom is 0.220 e. The fourth-order valence-electron chi connectivity index (χ4n) is 0.781. The molecule has 0 aliphatic carbocycles. The molecule has 0 radical (unpaired) electrons. The van der Waals surface area contributed by atoms with Crippen LogP contribution in [0.4, 0.5) is 0 Å². The highest BCUT2D eigenvalue weighted by Gasteiger charge is 2.11. The van der Waals surface area contributed by atoms with Crippen LogP contribution in [-0.2, 0) is 9.59 Å². The Balaban J connectivity index is 0. The average molecular weight is 222 g/mol. The van der Waals surface area contributed by atoms with E-state index in [4.69, 9.17) is 0 Å². The van der Waals surface area contributed by atoms with Crippen LogP contribution in [0, 0.1) is 0 Å². The van der Waals surface area contributed by atoms with Gasteiger partial charge in [0.05, 0.1) is 12.0 Å². The minimum atomic E-state index is -1.21. The number of aliphatic carboxylic acids is 1. The van der Waals surface area contributed by atoms with Crippen molar-refractivity contribution in [3.63, 3.8) is 0 Å². The van der Waals surface area contributed by atoms with Crippen molar-refractivity contribution >= 4 is 23.6 Å². The smallest absolute Gasteiger partial charge is 0.220 e. The molecule has 1 amide bonds. The summed E-state index contributed by atoms with van der Waals surface area (Å²) in [5, 5.41) is 12.9. The van der Waals surface area contributed by atoms with Crippen molar-refractivity contribution in [1.29, 1.82) is 0 Å². The molecule has 5 nitrogen and oxygen atoms in total. The van der Waals surface area contributed by atoms with Crippen LogP contribution in [0.15, 0.2) is 0 Å². The minimum Gasteiger partial charge on any atom is -0.548 e. The summed E-state index contributed by atoms with van der Waals surface area (Å²) in [6.07, 6.45) is 2.59. The first-order chi connectivity index (χ1) is 6.11. The molecule has 0 aromatic heterocycles. The highest BCUT2D eigenvalue weighted by molar-refractivity contribution is 7.98. The van der Waals surface area contributed by atoms with Gasteiger partial charge in [0.1, 0.15) is 0 Å². The van der Waals surface area contributed by atoms with Crippen LogP contribution in [0.1, 0.15) is 19.8 Å². The van der Waals surface area contributed by atoms with Crippen molar-refractivity contribution in [2.24, 2.45) is 0 Å². The van der Waals surface area contributed by atoms with Crippen molar-refractivity contribution in [2.75, 3.05) is 12.0 Å². The van der Waals surface area contributed by atoms with E-state index in [9.17, 15) is 14.7 Å². The average Bonchev–Trinajstić information content (AvgIpc) is 2.11. The van der Waals surface area contributed by atoms with Gasteiger partial charge in [0, 0.05) is 6.42 Å². The van der Waals surface area contributed by atoms with E-state index in [1.165, 1.54) is 11.8 Å². The van der Waals surface area contributed by atoms with E-state index in [2.05, 4.69) is 5.32 Å². The molecule has 0 rings (SSSR count). The van der Waals surface area contributed by atoms with E-state index in [1.54, 1.807) is 6.92 Å². The topological polar surface area (TPSA) is 106 Å². The number of hydrogen-bond acceptors (Lipinski definition) is 4. The van der Waals surface area contributed by atoms with Gasteiger partial charge in [-0.25, -0.2) is 0 Å². The quantitative estimate of drug-likeness (QED) is 0.647. The number of hydrogen-bond donors (Lipinski definition) is 2. The number of carbonyl (C=O) groups is 2. The molecule has 0 spiro atoms. The first kappa shape index (κ1) is 15.7. The molecular formula is C8H18N2O3S. The van der Waals surface area contributed by atoms with Crippen LogP contribution >= 0.6 is 11.8 Å². The molecule has 0 aliphatic heterocycles. The summed E-state index contributed by atoms with van der Waals surface area (Å²) in [6, 6.07) is -0.847. The lowest BCUT2D eigenvalue weighted by Crippen LogP contribution is -2.48. The second kappa shape index (κ2) is 8.83. The number of carboxylic acids is 1. The van der Waals surface area contributed by atoms with Crippen LogP contribution in [0.25, 0.3) is 0 Å². The molecule has 0 bridgehead atoms. The molecule has 5 N–H and O–H groups in total. The number of carbonyl (C=O) groups excluding carboxylic acids is 2. The van der Waals surface area contributed by atoms with Gasteiger partial charge in [0.15, 0.2) is 0 Å². The first-order valence-corrected chi connectivity index (χ1v) is 5.50. The van der Waals surface area contributed by atoms with Crippen LogP contribution < -0.4 is 16.6 Å². The Bertz CT molecular complexity index is 187. The molecule has 0 aliphatic rings. The van der Waals surface area contributed by atoms with Gasteiger partial charge in [0.2, 0.25) is 5.91 Å². The number of carboxylic acid groups (broad SMARTS) is 1. The van der Waals surface area contributed by atoms with Gasteiger partial charge in [0.25, 0.3) is 0 Å². The Morgan fingerprint density at radius 2 is 2.07 bits per heavy atom. The van der Waals surface area contributed by atoms with Crippen LogP contribution in [0.2, 0.25) is 0 Å². The lowest BCUT2D eigenvalue weighted by atomic mass is 10.2. The van der Waals surface area contributed by atoms with E-state index in [-0.39, 0.29) is 12.1 Å². The Hall–Kier alpha value is -0.750. The summed E-state index contributed by atoms with van der Waals surface area (Å²) >= 11 is 1.54. The molecule has 0 fully saturated rings. The molecule has 0 saturated carbocycles. The van der Waals surface area contributed by atoms with E-state index < -0.39 is 12.0 Å². The summed E-state index contributed by atoms with van der Waals surface area (Å²) in [5.74, 6) is -0.769. The normalized spacial score (nSPS) is 11.3. The van der Waals surface area contributed by atoms with E-state index in [0.717, 1.165) is 0 Å². The van der Waals surface area contributed by atoms with Gasteiger partial charge in [-0.15, -0.1) is 0 Å². The standard InChI is InChI=1S/C8H15NO3S.H3N/c1-3-7(10)9-6(8(11)12)4-5-13-2;/h6H,3-5H2,1-2H3,(H,9,10)(H,11,12);1H3/t6-;/m0./s1. The first-order valence-electron chi connectivity index (χ1n) is 4.11. The van der Waals surface area contributed by atoms with E-state index in [1.807, 2.05) is 6.26 Å². The lowest BCUT2D eigenvalue weighted by Gasteiger charge is -2.18. The zero-order valence-corrected chi connectivity index (χ0v) is 9.65. The van der Waals surface area contributed by atoms with Crippen LogP contribution in [-0.4, -0.2) is 29.9 Å². The third-order valence-corrected chi connectivity index (χ3v) is 2.20. The van der Waals surface area contributed by atoms with Gasteiger partial charge in [-0.2, -0.15) is 11.8 Å². The minimum absolute atomic E-state index is 0. The fraction of sp³-hybridized carbons (Fsp3) is 0.750. The zero-order valence-electron chi connectivity index (χ0n) is 8.83. The zero-order chi connectivity index (χ0) is 10.3. The molecule has 0 aromatic rings. The molecule has 84 valence electrons. The summed E-state index contributed by atoms with van der Waals surface area (Å²) < 4.78 is 0. The maximum atomic E-state index is 10.9. The number of thioether (sulfide) groups is 1. The third-order valence-electron chi connectivity index (χ3n) is 1.55. The molecule has 0 aromatic carbocycles. The number of quaternary nitrogens is 1. The van der Waals surface area contributed by atoms with Gasteiger partial charge >= 0.3 is 0 Å². The predicted octanol–water partition coefficient (Wildman–Crippen LogP) is -0.240. The second-order valence-corrected chi connectivity index (χ2v) is 3.56. The molecule has 14 heavy (non-hydrogen) atoms. The molecule has 0 heterocycles. The van der Waals surface area contributed by atoms with Crippen molar-refractivity contribution in [3.8, 4) is 0 Å². The van der Waals surface area contributed by atoms with Crippen LogP contribution in [0.3, 0.4) is 0 Å². The van der Waals surface area contributed by atoms with Gasteiger partial charge in [-0.05, 0) is 18.4 Å². The number of rotatable bonds is 6. The summed E-state index contributed by atoms with van der Waals surface area (Å²) in [4.78, 5) is 21.4. The summed E-state index contributed by atoms with van der Waals surface area (Å²) in [5.41, 5.74) is 0. The van der Waals surface area contributed by atoms with Crippen molar-refractivity contribution in [3.05, 3.63) is 0 Å². The van der Waals surface area contributed by atoms with Gasteiger partial charge < -0.3 is 21.4 Å². The van der Waals surface area contributed by atoms with E-state index >= 15 is 0 Å². The SMILES string of the molecule is CCC(=O)N[C@@H](CCSC)C(=O)[O-].[NH4+]. The van der Waals surface area contributed by atoms with Crippen molar-refractivity contribution in [1.82, 2.24) is 11.5 Å². The van der Waals surface area contributed by atoms with Gasteiger partial charge in [-0.1, -0.05) is 6.92 Å². The highest BCUT2D eigenvalue weighted by Crippen LogP contribution is 2.00. The monoisotopic (exact) mass is 222 g/mol. The van der Waals surface area contributed by atoms with Gasteiger partial charge in [-0.3, -0.25) is 4.79 Å². The predicted molar refractivity (Wildman–Crippen MR) is 56.2 cm³/mol. The van der Waals surface area contributed by atoms with E-state index in [0.29, 0.717) is 18.6 Å². The lowest BCUT2D eigenvalue weighted by molar-refractivity contribution is -0.308. The second-order valence-electron chi connectivity index (χ2n) is 2.57. The molecular weight excluding hydrogens is 204 g/mol.